The lowest BCUT2D eigenvalue weighted by Crippen LogP contribution is -2.62. The Morgan fingerprint density at radius 1 is 1.18 bits per heavy atom. The first-order chi connectivity index (χ1) is 13.4. The Morgan fingerprint density at radius 3 is 2.57 bits per heavy atom. The molecule has 1 saturated carbocycles. The van der Waals surface area contributed by atoms with Gasteiger partial charge in [-0.25, -0.2) is 0 Å². The largest absolute Gasteiger partial charge is 0.495 e. The summed E-state index contributed by atoms with van der Waals surface area (Å²) in [4.78, 5) is 29.7. The Bertz CT molecular complexity index is 770. The lowest BCUT2D eigenvalue weighted by molar-refractivity contribution is -0.152. The molecule has 0 bridgehead atoms. The van der Waals surface area contributed by atoms with Gasteiger partial charge in [0.05, 0.1) is 30.7 Å². The molecule has 4 rings (SSSR count). The number of benzene rings is 1. The van der Waals surface area contributed by atoms with Gasteiger partial charge in [-0.1, -0.05) is 12.1 Å². The summed E-state index contributed by atoms with van der Waals surface area (Å²) in [5.74, 6) is 0.388. The molecular formula is C22H30N2O4. The zero-order valence-corrected chi connectivity index (χ0v) is 17.1. The van der Waals surface area contributed by atoms with E-state index in [-0.39, 0.29) is 29.8 Å². The Hall–Kier alpha value is -2.24. The number of anilines is 1. The van der Waals surface area contributed by atoms with Crippen molar-refractivity contribution >= 4 is 17.6 Å². The Labute approximate surface area is 166 Å². The third kappa shape index (κ3) is 3.12. The van der Waals surface area contributed by atoms with E-state index >= 15 is 0 Å². The number of carbonyl (C=O) groups is 2. The van der Waals surface area contributed by atoms with Gasteiger partial charge in [-0.3, -0.25) is 9.59 Å². The van der Waals surface area contributed by atoms with Crippen LogP contribution in [0, 0.1) is 5.92 Å². The fraction of sp³-hybridized carbons (Fsp3) is 0.636. The van der Waals surface area contributed by atoms with Crippen LogP contribution in [0.5, 0.6) is 5.75 Å². The number of nitrogens with zero attached hydrogens (tertiary/aromatic N) is 2. The van der Waals surface area contributed by atoms with Crippen molar-refractivity contribution in [2.24, 2.45) is 5.92 Å². The third-order valence-corrected chi connectivity index (χ3v) is 6.66. The molecule has 1 spiro atoms. The molecule has 0 aromatic heterocycles. The van der Waals surface area contributed by atoms with Crippen LogP contribution in [-0.4, -0.2) is 54.7 Å². The summed E-state index contributed by atoms with van der Waals surface area (Å²) in [5.41, 5.74) is 0.265. The number of hydrogen-bond donors (Lipinski definition) is 0. The highest BCUT2D eigenvalue weighted by atomic mass is 16.6. The van der Waals surface area contributed by atoms with Crippen molar-refractivity contribution in [2.75, 3.05) is 31.6 Å². The lowest BCUT2D eigenvalue weighted by Gasteiger charge is -2.49. The normalized spacial score (nSPS) is 25.8. The third-order valence-electron chi connectivity index (χ3n) is 6.66. The van der Waals surface area contributed by atoms with Crippen molar-refractivity contribution in [1.29, 1.82) is 0 Å². The summed E-state index contributed by atoms with van der Waals surface area (Å²) in [7, 11) is 1.68. The number of para-hydroxylation sites is 2. The van der Waals surface area contributed by atoms with Crippen molar-refractivity contribution in [1.82, 2.24) is 4.90 Å². The van der Waals surface area contributed by atoms with E-state index in [1.165, 1.54) is 0 Å². The summed E-state index contributed by atoms with van der Waals surface area (Å²) in [6.07, 6.45) is 3.93. The van der Waals surface area contributed by atoms with Gasteiger partial charge in [-0.15, -0.1) is 0 Å². The van der Waals surface area contributed by atoms with E-state index in [1.54, 1.807) is 7.11 Å². The molecule has 6 nitrogen and oxygen atoms in total. The fourth-order valence-corrected chi connectivity index (χ4v) is 5.29. The molecule has 1 amide bonds. The minimum absolute atomic E-state index is 0.0838. The zero-order valence-electron chi connectivity index (χ0n) is 17.1. The molecule has 1 aromatic carbocycles. The molecule has 28 heavy (non-hydrogen) atoms. The van der Waals surface area contributed by atoms with Crippen LogP contribution in [0.25, 0.3) is 0 Å². The van der Waals surface area contributed by atoms with Gasteiger partial charge in [0, 0.05) is 19.6 Å². The molecule has 152 valence electrons. The van der Waals surface area contributed by atoms with Crippen molar-refractivity contribution in [3.63, 3.8) is 0 Å². The molecule has 2 saturated heterocycles. The topological polar surface area (TPSA) is 59.1 Å². The molecule has 0 unspecified atom stereocenters. The van der Waals surface area contributed by atoms with Gasteiger partial charge >= 0.3 is 5.97 Å². The number of methoxy groups -OCH3 is 1. The van der Waals surface area contributed by atoms with Crippen LogP contribution in [-0.2, 0) is 14.3 Å². The second-order valence-corrected chi connectivity index (χ2v) is 8.90. The molecule has 1 atom stereocenters. The van der Waals surface area contributed by atoms with Crippen LogP contribution in [0.2, 0.25) is 0 Å². The van der Waals surface area contributed by atoms with E-state index in [9.17, 15) is 9.59 Å². The van der Waals surface area contributed by atoms with Crippen molar-refractivity contribution in [3.8, 4) is 5.75 Å². The van der Waals surface area contributed by atoms with Crippen LogP contribution >= 0.6 is 0 Å². The highest BCUT2D eigenvalue weighted by Gasteiger charge is 2.55. The van der Waals surface area contributed by atoms with Gasteiger partial charge in [-0.05, 0) is 51.7 Å². The zero-order chi connectivity index (χ0) is 19.9. The highest BCUT2D eigenvalue weighted by molar-refractivity contribution is 5.88. The molecule has 0 N–H and O–H groups in total. The number of carbonyl (C=O) groups excluding carboxylic acids is 2. The second kappa shape index (κ2) is 6.98. The summed E-state index contributed by atoms with van der Waals surface area (Å²) in [6, 6.07) is 8.01. The summed E-state index contributed by atoms with van der Waals surface area (Å²) in [5, 5.41) is 0. The Morgan fingerprint density at radius 2 is 1.89 bits per heavy atom. The lowest BCUT2D eigenvalue weighted by atomic mass is 9.84. The summed E-state index contributed by atoms with van der Waals surface area (Å²) >= 11 is 0. The average Bonchev–Trinajstić information content (AvgIpc) is 3.27. The minimum Gasteiger partial charge on any atom is -0.495 e. The first-order valence-corrected chi connectivity index (χ1v) is 10.3. The van der Waals surface area contributed by atoms with E-state index in [0.29, 0.717) is 13.1 Å². The first-order valence-electron chi connectivity index (χ1n) is 10.3. The number of rotatable bonds is 3. The van der Waals surface area contributed by atoms with Gasteiger partial charge in [-0.2, -0.15) is 0 Å². The van der Waals surface area contributed by atoms with E-state index < -0.39 is 5.60 Å². The maximum absolute atomic E-state index is 13.4. The first kappa shape index (κ1) is 19.1. The SMILES string of the molecule is COc1ccccc1N1CCN(C(=O)[C@@H]2CC(=O)OC23CCCC3)CC1(C)C. The van der Waals surface area contributed by atoms with Crippen LogP contribution in [0.1, 0.15) is 46.0 Å². The maximum atomic E-state index is 13.4. The number of ether oxygens (including phenoxy) is 2. The van der Waals surface area contributed by atoms with Crippen LogP contribution in [0.4, 0.5) is 5.69 Å². The molecule has 2 heterocycles. The monoisotopic (exact) mass is 386 g/mol. The second-order valence-electron chi connectivity index (χ2n) is 8.90. The quantitative estimate of drug-likeness (QED) is 0.748. The van der Waals surface area contributed by atoms with Crippen LogP contribution < -0.4 is 9.64 Å². The molecule has 2 aliphatic heterocycles. The number of hydrogen-bond acceptors (Lipinski definition) is 5. The van der Waals surface area contributed by atoms with E-state index in [4.69, 9.17) is 9.47 Å². The van der Waals surface area contributed by atoms with E-state index in [2.05, 4.69) is 24.8 Å². The summed E-state index contributed by atoms with van der Waals surface area (Å²) < 4.78 is 11.2. The molecule has 6 heteroatoms. The van der Waals surface area contributed by atoms with Crippen molar-refractivity contribution < 1.29 is 19.1 Å². The predicted octanol–water partition coefficient (Wildman–Crippen LogP) is 3.00. The number of esters is 1. The van der Waals surface area contributed by atoms with Gasteiger partial charge in [0.25, 0.3) is 0 Å². The Balaban J connectivity index is 1.53. The smallest absolute Gasteiger partial charge is 0.307 e. The fourth-order valence-electron chi connectivity index (χ4n) is 5.29. The van der Waals surface area contributed by atoms with Gasteiger partial charge in [0.15, 0.2) is 0 Å². The average molecular weight is 386 g/mol. The molecule has 3 aliphatic rings. The number of piperazine rings is 1. The van der Waals surface area contributed by atoms with E-state index in [0.717, 1.165) is 43.7 Å². The maximum Gasteiger partial charge on any atom is 0.307 e. The van der Waals surface area contributed by atoms with Crippen molar-refractivity contribution in [3.05, 3.63) is 24.3 Å². The standard InChI is InChI=1S/C22H30N2O4/c1-21(2)15-23(12-13-24(21)17-8-4-5-9-18(17)27-3)20(26)16-14-19(25)28-22(16)10-6-7-11-22/h4-5,8-9,16H,6-7,10-15H2,1-3H3/t16-/m0/s1. The predicted molar refractivity (Wildman–Crippen MR) is 106 cm³/mol. The minimum atomic E-state index is -0.544. The van der Waals surface area contributed by atoms with Gasteiger partial charge in [0.1, 0.15) is 11.4 Å². The Kier molecular flexibility index (Phi) is 4.76. The van der Waals surface area contributed by atoms with Crippen LogP contribution in [0.3, 0.4) is 0 Å². The molecular weight excluding hydrogens is 356 g/mol. The van der Waals surface area contributed by atoms with Crippen LogP contribution in [0.15, 0.2) is 24.3 Å². The van der Waals surface area contributed by atoms with E-state index in [1.807, 2.05) is 23.1 Å². The molecule has 1 aromatic rings. The molecule has 3 fully saturated rings. The molecule has 0 radical (unpaired) electrons. The van der Waals surface area contributed by atoms with Gasteiger partial charge < -0.3 is 19.3 Å². The van der Waals surface area contributed by atoms with Crippen molar-refractivity contribution in [2.45, 2.75) is 57.1 Å². The van der Waals surface area contributed by atoms with Gasteiger partial charge in [0.2, 0.25) is 5.91 Å². The summed E-state index contributed by atoms with van der Waals surface area (Å²) in [6.45, 7) is 6.29. The molecule has 1 aliphatic carbocycles. The number of amides is 1. The highest BCUT2D eigenvalue weighted by Crippen LogP contribution is 2.46.